The van der Waals surface area contributed by atoms with E-state index in [1.165, 1.54) is 0 Å². The van der Waals surface area contributed by atoms with E-state index in [4.69, 9.17) is 17.0 Å². The van der Waals surface area contributed by atoms with E-state index >= 15 is 0 Å². The van der Waals surface area contributed by atoms with E-state index in [2.05, 4.69) is 4.98 Å². The molecule has 1 N–H and O–H groups in total. The molecule has 22 heavy (non-hydrogen) atoms. The molecule has 1 aromatic carbocycles. The van der Waals surface area contributed by atoms with E-state index in [9.17, 15) is 4.79 Å². The van der Waals surface area contributed by atoms with Gasteiger partial charge in [0.1, 0.15) is 11.2 Å². The molecular weight excluding hydrogens is 296 g/mol. The summed E-state index contributed by atoms with van der Waals surface area (Å²) in [5.41, 5.74) is 2.07. The largest absolute Gasteiger partial charge is 0.445 e. The third-order valence-corrected chi connectivity index (χ3v) is 4.14. The number of hydrogen-bond acceptors (Lipinski definition) is 3. The Morgan fingerprint density at radius 2 is 2.09 bits per heavy atom. The van der Waals surface area contributed by atoms with Gasteiger partial charge in [-0.25, -0.2) is 4.79 Å². The summed E-state index contributed by atoms with van der Waals surface area (Å²) in [5, 5.41) is 0. The van der Waals surface area contributed by atoms with Gasteiger partial charge in [0.2, 0.25) is 0 Å². The fraction of sp³-hybridized carbons (Fsp3) is 0.294. The average molecular weight is 314 g/mol. The summed E-state index contributed by atoms with van der Waals surface area (Å²) < 4.78 is 6.14. The quantitative estimate of drug-likeness (QED) is 0.863. The van der Waals surface area contributed by atoms with Gasteiger partial charge in [-0.15, -0.1) is 0 Å². The van der Waals surface area contributed by atoms with Crippen molar-refractivity contribution in [2.24, 2.45) is 0 Å². The summed E-state index contributed by atoms with van der Waals surface area (Å²) >= 11 is 5.06. The zero-order valence-electron chi connectivity index (χ0n) is 12.2. The van der Waals surface area contributed by atoms with Crippen LogP contribution in [0.5, 0.6) is 0 Å². The number of amides is 1. The number of likely N-dealkylation sites (tertiary alicyclic amines) is 1. The standard InChI is InChI=1S/C17H18N2O2S/c20-17(21-12-13-5-2-1-3-6-13)19-10-4-7-15(19)14-8-9-16(22)18-11-14/h1-3,5-6,8-9,11,15H,4,7,10,12H2,(H,18,22)/t15-/m0/s1. The SMILES string of the molecule is O=C(OCc1ccccc1)N1CCC[C@H]1c1ccc(=S)[nH]c1. The minimum Gasteiger partial charge on any atom is -0.445 e. The first kappa shape index (κ1) is 14.8. The summed E-state index contributed by atoms with van der Waals surface area (Å²) in [6.07, 6.45) is 3.57. The normalized spacial score (nSPS) is 17.5. The average Bonchev–Trinajstić information content (AvgIpc) is 3.04. The number of rotatable bonds is 3. The molecule has 5 heteroatoms. The second kappa shape index (κ2) is 6.75. The van der Waals surface area contributed by atoms with E-state index < -0.39 is 0 Å². The van der Waals surface area contributed by atoms with Crippen molar-refractivity contribution in [3.63, 3.8) is 0 Å². The number of aromatic amines is 1. The maximum atomic E-state index is 12.3. The van der Waals surface area contributed by atoms with Crippen LogP contribution in [0.3, 0.4) is 0 Å². The van der Waals surface area contributed by atoms with Gasteiger partial charge in [0.05, 0.1) is 6.04 Å². The molecular formula is C17H18N2O2S. The minimum atomic E-state index is -0.256. The van der Waals surface area contributed by atoms with Crippen molar-refractivity contribution >= 4 is 18.3 Å². The van der Waals surface area contributed by atoms with Gasteiger partial charge in [0.25, 0.3) is 0 Å². The topological polar surface area (TPSA) is 45.3 Å². The summed E-state index contributed by atoms with van der Waals surface area (Å²) in [7, 11) is 0. The zero-order valence-corrected chi connectivity index (χ0v) is 13.0. The highest BCUT2D eigenvalue weighted by molar-refractivity contribution is 7.71. The second-order valence-corrected chi connectivity index (χ2v) is 5.82. The zero-order chi connectivity index (χ0) is 15.4. The first-order valence-electron chi connectivity index (χ1n) is 7.40. The lowest BCUT2D eigenvalue weighted by atomic mass is 10.1. The van der Waals surface area contributed by atoms with Crippen LogP contribution in [0.1, 0.15) is 30.0 Å². The fourth-order valence-corrected chi connectivity index (χ4v) is 2.89. The van der Waals surface area contributed by atoms with Crippen LogP contribution in [-0.2, 0) is 11.3 Å². The molecule has 2 heterocycles. The fourth-order valence-electron chi connectivity index (χ4n) is 2.76. The first-order chi connectivity index (χ1) is 10.7. The number of ether oxygens (including phenoxy) is 1. The maximum absolute atomic E-state index is 12.3. The molecule has 0 bridgehead atoms. The van der Waals surface area contributed by atoms with Crippen LogP contribution < -0.4 is 0 Å². The van der Waals surface area contributed by atoms with E-state index in [1.807, 2.05) is 48.7 Å². The Morgan fingerprint density at radius 1 is 1.27 bits per heavy atom. The Balaban J connectivity index is 1.66. The molecule has 3 rings (SSSR count). The van der Waals surface area contributed by atoms with Gasteiger partial charge in [-0.2, -0.15) is 0 Å². The molecule has 0 aliphatic carbocycles. The molecule has 1 aliphatic heterocycles. The summed E-state index contributed by atoms with van der Waals surface area (Å²) in [4.78, 5) is 17.2. The van der Waals surface area contributed by atoms with E-state index in [0.29, 0.717) is 11.2 Å². The number of hydrogen-bond donors (Lipinski definition) is 1. The third-order valence-electron chi connectivity index (χ3n) is 3.89. The van der Waals surface area contributed by atoms with Gasteiger partial charge in [0, 0.05) is 12.7 Å². The molecule has 1 saturated heterocycles. The van der Waals surface area contributed by atoms with Crippen LogP contribution in [0.4, 0.5) is 4.79 Å². The molecule has 4 nitrogen and oxygen atoms in total. The Hall–Kier alpha value is -2.14. The van der Waals surface area contributed by atoms with Crippen LogP contribution in [-0.4, -0.2) is 22.5 Å². The van der Waals surface area contributed by atoms with Crippen LogP contribution in [0.2, 0.25) is 0 Å². The molecule has 0 spiro atoms. The van der Waals surface area contributed by atoms with Crippen LogP contribution in [0, 0.1) is 4.64 Å². The predicted octanol–water partition coefficient (Wildman–Crippen LogP) is 4.22. The number of benzene rings is 1. The number of carbonyl (C=O) groups excluding carboxylic acids is 1. The van der Waals surface area contributed by atoms with Crippen molar-refractivity contribution in [3.8, 4) is 0 Å². The smallest absolute Gasteiger partial charge is 0.410 e. The van der Waals surface area contributed by atoms with Gasteiger partial charge in [0.15, 0.2) is 0 Å². The van der Waals surface area contributed by atoms with Crippen molar-refractivity contribution in [1.82, 2.24) is 9.88 Å². The van der Waals surface area contributed by atoms with Gasteiger partial charge in [-0.05, 0) is 30.0 Å². The van der Waals surface area contributed by atoms with Gasteiger partial charge in [-0.1, -0.05) is 48.6 Å². The number of aromatic nitrogens is 1. The highest BCUT2D eigenvalue weighted by Crippen LogP contribution is 2.32. The molecule has 0 radical (unpaired) electrons. The lowest BCUT2D eigenvalue weighted by molar-refractivity contribution is 0.0920. The molecule has 1 atom stereocenters. The molecule has 114 valence electrons. The highest BCUT2D eigenvalue weighted by Gasteiger charge is 2.31. The third kappa shape index (κ3) is 3.36. The molecule has 1 fully saturated rings. The summed E-state index contributed by atoms with van der Waals surface area (Å²) in [6.45, 7) is 1.04. The predicted molar refractivity (Wildman–Crippen MR) is 86.9 cm³/mol. The van der Waals surface area contributed by atoms with Gasteiger partial charge < -0.3 is 14.6 Å². The number of pyridine rings is 1. The van der Waals surface area contributed by atoms with Gasteiger partial charge >= 0.3 is 6.09 Å². The lowest BCUT2D eigenvalue weighted by Crippen LogP contribution is -2.31. The van der Waals surface area contributed by atoms with Crippen molar-refractivity contribution < 1.29 is 9.53 Å². The molecule has 0 saturated carbocycles. The molecule has 0 unspecified atom stereocenters. The Bertz CT molecular complexity index is 679. The molecule has 2 aromatic rings. The van der Waals surface area contributed by atoms with E-state index in [-0.39, 0.29) is 12.1 Å². The minimum absolute atomic E-state index is 0.0649. The number of nitrogens with one attached hydrogen (secondary N) is 1. The Morgan fingerprint density at radius 3 is 2.82 bits per heavy atom. The van der Waals surface area contributed by atoms with Crippen LogP contribution >= 0.6 is 12.2 Å². The second-order valence-electron chi connectivity index (χ2n) is 5.38. The molecule has 1 aliphatic rings. The van der Waals surface area contributed by atoms with Crippen molar-refractivity contribution in [2.45, 2.75) is 25.5 Å². The van der Waals surface area contributed by atoms with Crippen LogP contribution in [0.15, 0.2) is 48.7 Å². The van der Waals surface area contributed by atoms with E-state index in [1.54, 1.807) is 4.90 Å². The molecule has 1 amide bonds. The number of carbonyl (C=O) groups is 1. The van der Waals surface area contributed by atoms with Crippen LogP contribution in [0.25, 0.3) is 0 Å². The maximum Gasteiger partial charge on any atom is 0.410 e. The first-order valence-corrected chi connectivity index (χ1v) is 7.81. The summed E-state index contributed by atoms with van der Waals surface area (Å²) in [6, 6.07) is 13.6. The lowest BCUT2D eigenvalue weighted by Gasteiger charge is -2.24. The number of nitrogens with zero attached hydrogens (tertiary/aromatic N) is 1. The Kier molecular flexibility index (Phi) is 4.53. The monoisotopic (exact) mass is 314 g/mol. The van der Waals surface area contributed by atoms with Crippen molar-refractivity contribution in [3.05, 3.63) is 64.4 Å². The van der Waals surface area contributed by atoms with E-state index in [0.717, 1.165) is 30.5 Å². The van der Waals surface area contributed by atoms with Crippen molar-refractivity contribution in [2.75, 3.05) is 6.54 Å². The summed E-state index contributed by atoms with van der Waals surface area (Å²) in [5.74, 6) is 0. The molecule has 1 aromatic heterocycles. The highest BCUT2D eigenvalue weighted by atomic mass is 32.1. The Labute approximate surface area is 134 Å². The van der Waals surface area contributed by atoms with Gasteiger partial charge in [-0.3, -0.25) is 0 Å². The van der Waals surface area contributed by atoms with Crippen molar-refractivity contribution in [1.29, 1.82) is 0 Å². The number of H-pyrrole nitrogens is 1.